The second-order valence-electron chi connectivity index (χ2n) is 7.79. The van der Waals surface area contributed by atoms with Crippen LogP contribution in [0.15, 0.2) is 47.5 Å². The van der Waals surface area contributed by atoms with Crippen molar-refractivity contribution in [1.82, 2.24) is 15.1 Å². The van der Waals surface area contributed by atoms with Gasteiger partial charge in [-0.2, -0.15) is 5.10 Å². The molecular formula is C25H29N5O3. The molecule has 1 aromatic heterocycles. The largest absolute Gasteiger partial charge is 0.454 e. The van der Waals surface area contributed by atoms with Crippen LogP contribution in [0.25, 0.3) is 0 Å². The highest BCUT2D eigenvalue weighted by molar-refractivity contribution is 6.10. The first-order valence-corrected chi connectivity index (χ1v) is 11.1. The maximum absolute atomic E-state index is 13.1. The highest BCUT2D eigenvalue weighted by atomic mass is 16.7. The first-order valence-electron chi connectivity index (χ1n) is 11.1. The molecule has 3 aromatic rings. The fourth-order valence-corrected chi connectivity index (χ4v) is 3.83. The maximum Gasteiger partial charge on any atom is 0.258 e. The van der Waals surface area contributed by atoms with Gasteiger partial charge in [-0.15, -0.1) is 0 Å². The second kappa shape index (κ2) is 9.77. The number of benzene rings is 2. The Hall–Kier alpha value is -3.81. The number of hydrogen-bond acceptors (Lipinski definition) is 5. The Kier molecular flexibility index (Phi) is 6.63. The summed E-state index contributed by atoms with van der Waals surface area (Å²) in [6.45, 7) is 9.53. The molecule has 2 aromatic carbocycles. The average Bonchev–Trinajstić information content (AvgIpc) is 3.40. The molecule has 8 heteroatoms. The summed E-state index contributed by atoms with van der Waals surface area (Å²) in [5, 5.41) is 10.8. The molecule has 33 heavy (non-hydrogen) atoms. The number of ether oxygens (including phenoxy) is 2. The van der Waals surface area contributed by atoms with Gasteiger partial charge in [0.1, 0.15) is 0 Å². The summed E-state index contributed by atoms with van der Waals surface area (Å²) in [7, 11) is 0. The molecule has 0 spiro atoms. The van der Waals surface area contributed by atoms with Crippen molar-refractivity contribution in [2.45, 2.75) is 47.2 Å². The van der Waals surface area contributed by atoms with Crippen LogP contribution in [0.2, 0.25) is 0 Å². The number of aromatic nitrogens is 2. The predicted molar refractivity (Wildman–Crippen MR) is 128 cm³/mol. The number of para-hydroxylation sites is 1. The Morgan fingerprint density at radius 2 is 1.91 bits per heavy atom. The maximum atomic E-state index is 13.1. The third-order valence-electron chi connectivity index (χ3n) is 5.74. The fraction of sp³-hybridized carbons (Fsp3) is 0.320. The standard InChI is InChI=1S/C25H29N5O3/c1-5-18-9-7-8-10-21(18)27-25(26-14-20-16(3)29-30(6-2)17(20)4)28-24(31)19-11-12-22-23(13-19)33-15-32-22/h7-13H,5-6,14-15H2,1-4H3,(H2,26,27,28,31). The van der Waals surface area contributed by atoms with E-state index in [1.165, 1.54) is 0 Å². The number of guanidine groups is 1. The van der Waals surface area contributed by atoms with Crippen molar-refractivity contribution in [3.05, 3.63) is 70.5 Å². The van der Waals surface area contributed by atoms with Gasteiger partial charge in [0.05, 0.1) is 12.2 Å². The summed E-state index contributed by atoms with van der Waals surface area (Å²) in [6.07, 6.45) is 0.855. The van der Waals surface area contributed by atoms with Crippen LogP contribution in [0.3, 0.4) is 0 Å². The molecule has 1 amide bonds. The average molecular weight is 448 g/mol. The number of nitrogens with zero attached hydrogens (tertiary/aromatic N) is 3. The molecule has 2 heterocycles. The Bertz CT molecular complexity index is 1200. The molecule has 0 saturated carbocycles. The molecule has 0 saturated heterocycles. The van der Waals surface area contributed by atoms with E-state index in [0.29, 0.717) is 29.6 Å². The number of hydrogen-bond donors (Lipinski definition) is 2. The Morgan fingerprint density at radius 3 is 2.67 bits per heavy atom. The third-order valence-corrected chi connectivity index (χ3v) is 5.74. The van der Waals surface area contributed by atoms with Crippen LogP contribution in [-0.2, 0) is 19.5 Å². The highest BCUT2D eigenvalue weighted by Crippen LogP contribution is 2.32. The van der Waals surface area contributed by atoms with Gasteiger partial charge in [0.15, 0.2) is 11.5 Å². The summed E-state index contributed by atoms with van der Waals surface area (Å²) in [4.78, 5) is 17.8. The van der Waals surface area contributed by atoms with Crippen molar-refractivity contribution in [1.29, 1.82) is 0 Å². The van der Waals surface area contributed by atoms with Crippen LogP contribution >= 0.6 is 0 Å². The number of nitrogens with one attached hydrogen (secondary N) is 2. The lowest BCUT2D eigenvalue weighted by molar-refractivity contribution is 0.0976. The van der Waals surface area contributed by atoms with Gasteiger partial charge >= 0.3 is 0 Å². The molecule has 1 aliphatic heterocycles. The molecule has 1 aliphatic rings. The van der Waals surface area contributed by atoms with E-state index in [0.717, 1.165) is 41.2 Å². The Morgan fingerprint density at radius 1 is 1.12 bits per heavy atom. The number of fused-ring (bicyclic) bond motifs is 1. The molecule has 4 rings (SSSR count). The van der Waals surface area contributed by atoms with Crippen LogP contribution in [0.5, 0.6) is 11.5 Å². The molecule has 0 unspecified atom stereocenters. The number of amides is 1. The topological polar surface area (TPSA) is 89.8 Å². The van der Waals surface area contributed by atoms with Gasteiger partial charge in [0.25, 0.3) is 5.91 Å². The number of aryl methyl sites for hydroxylation is 3. The van der Waals surface area contributed by atoms with Crippen LogP contribution < -0.4 is 20.1 Å². The Balaban J connectivity index is 1.61. The van der Waals surface area contributed by atoms with Crippen molar-refractivity contribution in [3.8, 4) is 11.5 Å². The van der Waals surface area contributed by atoms with E-state index in [9.17, 15) is 4.79 Å². The quantitative estimate of drug-likeness (QED) is 0.436. The zero-order valence-corrected chi connectivity index (χ0v) is 19.4. The lowest BCUT2D eigenvalue weighted by Gasteiger charge is -2.15. The molecule has 0 fully saturated rings. The number of anilines is 1. The summed E-state index contributed by atoms with van der Waals surface area (Å²) >= 11 is 0. The van der Waals surface area contributed by atoms with Gasteiger partial charge in [-0.25, -0.2) is 4.99 Å². The number of carbonyl (C=O) groups excluding carboxylic acids is 1. The van der Waals surface area contributed by atoms with E-state index >= 15 is 0 Å². The van der Waals surface area contributed by atoms with E-state index < -0.39 is 0 Å². The Labute approximate surface area is 193 Å². The fourth-order valence-electron chi connectivity index (χ4n) is 3.83. The van der Waals surface area contributed by atoms with Gasteiger partial charge in [0, 0.05) is 29.1 Å². The lowest BCUT2D eigenvalue weighted by atomic mass is 10.1. The van der Waals surface area contributed by atoms with Gasteiger partial charge < -0.3 is 14.8 Å². The molecular weight excluding hydrogens is 418 g/mol. The van der Waals surface area contributed by atoms with Crippen molar-refractivity contribution >= 4 is 17.6 Å². The number of rotatable bonds is 6. The lowest BCUT2D eigenvalue weighted by Crippen LogP contribution is -2.36. The molecule has 8 nitrogen and oxygen atoms in total. The minimum absolute atomic E-state index is 0.159. The molecule has 172 valence electrons. The highest BCUT2D eigenvalue weighted by Gasteiger charge is 2.18. The molecule has 0 radical (unpaired) electrons. The normalized spacial score (nSPS) is 12.7. The SMILES string of the molecule is CCc1ccccc1NC(=NCc1c(C)nn(CC)c1C)NC(=O)c1ccc2c(c1)OCO2. The van der Waals surface area contributed by atoms with Gasteiger partial charge in [-0.3, -0.25) is 14.8 Å². The molecule has 0 atom stereocenters. The van der Waals surface area contributed by atoms with Crippen LogP contribution in [0, 0.1) is 13.8 Å². The minimum atomic E-state index is -0.286. The first-order chi connectivity index (χ1) is 16.0. The third kappa shape index (κ3) is 4.84. The molecule has 0 bridgehead atoms. The van der Waals surface area contributed by atoms with E-state index in [2.05, 4.69) is 35.6 Å². The summed E-state index contributed by atoms with van der Waals surface area (Å²) < 4.78 is 12.7. The number of carbonyl (C=O) groups is 1. The molecule has 2 N–H and O–H groups in total. The van der Waals surface area contributed by atoms with Gasteiger partial charge in [-0.1, -0.05) is 25.1 Å². The summed E-state index contributed by atoms with van der Waals surface area (Å²) in [5.74, 6) is 1.28. The molecule has 0 aliphatic carbocycles. The van der Waals surface area contributed by atoms with Crippen molar-refractivity contribution in [2.24, 2.45) is 4.99 Å². The monoisotopic (exact) mass is 447 g/mol. The van der Waals surface area contributed by atoms with Gasteiger partial charge in [0.2, 0.25) is 12.8 Å². The zero-order chi connectivity index (χ0) is 23.4. The van der Waals surface area contributed by atoms with Crippen molar-refractivity contribution in [2.75, 3.05) is 12.1 Å². The van der Waals surface area contributed by atoms with E-state index in [-0.39, 0.29) is 12.7 Å². The summed E-state index contributed by atoms with van der Waals surface area (Å²) in [5.41, 5.74) is 5.57. The van der Waals surface area contributed by atoms with Crippen molar-refractivity contribution in [3.63, 3.8) is 0 Å². The second-order valence-corrected chi connectivity index (χ2v) is 7.79. The van der Waals surface area contributed by atoms with Crippen LogP contribution in [-0.4, -0.2) is 28.4 Å². The van der Waals surface area contributed by atoms with Gasteiger partial charge in [-0.05, 0) is 57.0 Å². The van der Waals surface area contributed by atoms with Crippen LogP contribution in [0.1, 0.15) is 46.7 Å². The zero-order valence-electron chi connectivity index (χ0n) is 19.4. The van der Waals surface area contributed by atoms with E-state index in [1.807, 2.05) is 36.7 Å². The predicted octanol–water partition coefficient (Wildman–Crippen LogP) is 4.21. The van der Waals surface area contributed by atoms with E-state index in [1.54, 1.807) is 18.2 Å². The van der Waals surface area contributed by atoms with E-state index in [4.69, 9.17) is 14.5 Å². The van der Waals surface area contributed by atoms with Crippen LogP contribution in [0.4, 0.5) is 5.69 Å². The minimum Gasteiger partial charge on any atom is -0.454 e. The number of aliphatic imine (C=N–C) groups is 1. The summed E-state index contributed by atoms with van der Waals surface area (Å²) in [6, 6.07) is 13.1. The smallest absolute Gasteiger partial charge is 0.258 e. The van der Waals surface area contributed by atoms with Crippen molar-refractivity contribution < 1.29 is 14.3 Å². The first kappa shape index (κ1) is 22.4.